The molecule has 0 saturated carbocycles. The minimum absolute atomic E-state index is 0.894. The van der Waals surface area contributed by atoms with E-state index in [0.29, 0.717) is 0 Å². The van der Waals surface area contributed by atoms with Crippen molar-refractivity contribution in [2.24, 2.45) is 0 Å². The average molecular weight is 459 g/mol. The van der Waals surface area contributed by atoms with Crippen molar-refractivity contribution < 1.29 is 17.8 Å². The SMILES string of the molecule is CCCCCCCC/C=C\CCCCCCCC[N+](C)(C)CCC[Si](OC)(OC)OC. The number of rotatable bonds is 23. The summed E-state index contributed by atoms with van der Waals surface area (Å²) >= 11 is 0. The Balaban J connectivity index is 3.55. The fourth-order valence-corrected chi connectivity index (χ4v) is 5.88. The van der Waals surface area contributed by atoms with Gasteiger partial charge in [0, 0.05) is 33.8 Å². The molecule has 0 saturated heterocycles. The van der Waals surface area contributed by atoms with E-state index in [2.05, 4.69) is 33.2 Å². The Labute approximate surface area is 196 Å². The first kappa shape index (κ1) is 30.8. The van der Waals surface area contributed by atoms with E-state index in [0.717, 1.165) is 23.5 Å². The van der Waals surface area contributed by atoms with Gasteiger partial charge in [0.15, 0.2) is 0 Å². The van der Waals surface area contributed by atoms with Gasteiger partial charge < -0.3 is 17.8 Å². The van der Waals surface area contributed by atoms with Crippen LogP contribution < -0.4 is 0 Å². The summed E-state index contributed by atoms with van der Waals surface area (Å²) < 4.78 is 17.7. The molecule has 0 aromatic rings. The molecule has 0 aromatic heterocycles. The summed E-state index contributed by atoms with van der Waals surface area (Å²) in [5.41, 5.74) is 0. The van der Waals surface area contributed by atoms with Gasteiger partial charge in [-0.25, -0.2) is 0 Å². The van der Waals surface area contributed by atoms with E-state index < -0.39 is 8.80 Å². The molecule has 0 heterocycles. The Morgan fingerprint density at radius 2 is 1.00 bits per heavy atom. The van der Waals surface area contributed by atoms with E-state index in [1.807, 2.05) is 0 Å². The first-order chi connectivity index (χ1) is 14.9. The van der Waals surface area contributed by atoms with Gasteiger partial charge in [0.1, 0.15) is 0 Å². The largest absolute Gasteiger partial charge is 0.500 e. The topological polar surface area (TPSA) is 27.7 Å². The van der Waals surface area contributed by atoms with Crippen molar-refractivity contribution in [3.63, 3.8) is 0 Å². The number of quaternary nitrogens is 1. The zero-order chi connectivity index (χ0) is 23.3. The van der Waals surface area contributed by atoms with E-state index in [-0.39, 0.29) is 0 Å². The monoisotopic (exact) mass is 458 g/mol. The fourth-order valence-electron chi connectivity index (χ4n) is 4.18. The van der Waals surface area contributed by atoms with Crippen molar-refractivity contribution in [1.29, 1.82) is 0 Å². The zero-order valence-electron chi connectivity index (χ0n) is 22.1. The van der Waals surface area contributed by atoms with Crippen molar-refractivity contribution in [2.45, 2.75) is 109 Å². The van der Waals surface area contributed by atoms with Crippen LogP contribution in [0.15, 0.2) is 12.2 Å². The first-order valence-electron chi connectivity index (χ1n) is 13.1. The van der Waals surface area contributed by atoms with E-state index in [4.69, 9.17) is 13.3 Å². The van der Waals surface area contributed by atoms with Crippen LogP contribution in [0.2, 0.25) is 6.04 Å². The molecular weight excluding hydrogens is 402 g/mol. The number of allylic oxidation sites excluding steroid dienone is 2. The normalized spacial score (nSPS) is 12.8. The predicted octanol–water partition coefficient (Wildman–Crippen LogP) is 7.37. The van der Waals surface area contributed by atoms with Crippen LogP contribution in [0.25, 0.3) is 0 Å². The molecule has 0 bridgehead atoms. The van der Waals surface area contributed by atoms with Gasteiger partial charge in [0.2, 0.25) is 0 Å². The van der Waals surface area contributed by atoms with Crippen molar-refractivity contribution >= 4 is 8.80 Å². The molecule has 0 radical (unpaired) electrons. The van der Waals surface area contributed by atoms with Crippen molar-refractivity contribution in [2.75, 3.05) is 48.5 Å². The quantitative estimate of drug-likeness (QED) is 0.0692. The third kappa shape index (κ3) is 18.0. The number of nitrogens with zero attached hydrogens (tertiary/aromatic N) is 1. The van der Waals surface area contributed by atoms with E-state index >= 15 is 0 Å². The van der Waals surface area contributed by atoms with Crippen molar-refractivity contribution in [3.05, 3.63) is 12.2 Å². The summed E-state index contributed by atoms with van der Waals surface area (Å²) in [6, 6.07) is 0.894. The Morgan fingerprint density at radius 1 is 0.581 bits per heavy atom. The third-order valence-electron chi connectivity index (χ3n) is 6.45. The number of hydrogen-bond acceptors (Lipinski definition) is 3. The van der Waals surface area contributed by atoms with E-state index in [9.17, 15) is 0 Å². The average Bonchev–Trinajstić information content (AvgIpc) is 2.76. The van der Waals surface area contributed by atoms with Gasteiger partial charge in [-0.1, -0.05) is 70.4 Å². The second-order valence-electron chi connectivity index (χ2n) is 9.72. The molecule has 31 heavy (non-hydrogen) atoms. The van der Waals surface area contributed by atoms with Crippen LogP contribution in [-0.2, 0) is 13.3 Å². The molecular formula is C26H56NO3Si+. The molecule has 0 amide bonds. The molecule has 0 aliphatic rings. The molecule has 0 aromatic carbocycles. The second kappa shape index (κ2) is 20.4. The van der Waals surface area contributed by atoms with Crippen LogP contribution >= 0.6 is 0 Å². The molecule has 0 aliphatic heterocycles. The molecule has 0 spiro atoms. The Bertz CT molecular complexity index is 403. The van der Waals surface area contributed by atoms with Crippen LogP contribution in [0.1, 0.15) is 103 Å². The molecule has 0 rings (SSSR count). The minimum atomic E-state index is -2.41. The van der Waals surface area contributed by atoms with Crippen LogP contribution in [0.3, 0.4) is 0 Å². The van der Waals surface area contributed by atoms with Gasteiger partial charge in [-0.05, 0) is 38.5 Å². The lowest BCUT2D eigenvalue weighted by atomic mass is 10.1. The predicted molar refractivity (Wildman–Crippen MR) is 137 cm³/mol. The first-order valence-corrected chi connectivity index (χ1v) is 15.0. The second-order valence-corrected chi connectivity index (χ2v) is 12.8. The van der Waals surface area contributed by atoms with Crippen molar-refractivity contribution in [1.82, 2.24) is 0 Å². The number of hydrogen-bond donors (Lipinski definition) is 0. The maximum absolute atomic E-state index is 5.53. The summed E-state index contributed by atoms with van der Waals surface area (Å²) in [7, 11) is 7.37. The van der Waals surface area contributed by atoms with Gasteiger partial charge in [-0.2, -0.15) is 0 Å². The molecule has 0 unspecified atom stereocenters. The minimum Gasteiger partial charge on any atom is -0.377 e. The fraction of sp³-hybridized carbons (Fsp3) is 0.923. The van der Waals surface area contributed by atoms with Crippen LogP contribution in [0.4, 0.5) is 0 Å². The maximum Gasteiger partial charge on any atom is 0.500 e. The summed E-state index contributed by atoms with van der Waals surface area (Å²) in [5.74, 6) is 0. The van der Waals surface area contributed by atoms with Gasteiger partial charge in [0.25, 0.3) is 0 Å². The van der Waals surface area contributed by atoms with Gasteiger partial charge in [-0.3, -0.25) is 0 Å². The third-order valence-corrected chi connectivity index (χ3v) is 9.29. The highest BCUT2D eigenvalue weighted by Crippen LogP contribution is 2.17. The Hall–Kier alpha value is -0.203. The zero-order valence-corrected chi connectivity index (χ0v) is 23.1. The molecule has 0 fully saturated rings. The maximum atomic E-state index is 5.53. The highest BCUT2D eigenvalue weighted by Gasteiger charge is 2.37. The lowest BCUT2D eigenvalue weighted by Crippen LogP contribution is -2.45. The van der Waals surface area contributed by atoms with Crippen LogP contribution in [0, 0.1) is 0 Å². The van der Waals surface area contributed by atoms with E-state index in [1.165, 1.54) is 96.4 Å². The summed E-state index contributed by atoms with van der Waals surface area (Å²) in [6.45, 7) is 4.69. The molecule has 186 valence electrons. The lowest BCUT2D eigenvalue weighted by molar-refractivity contribution is -0.890. The Morgan fingerprint density at radius 3 is 1.48 bits per heavy atom. The van der Waals surface area contributed by atoms with Crippen LogP contribution in [0.5, 0.6) is 0 Å². The number of unbranched alkanes of at least 4 members (excludes halogenated alkanes) is 12. The van der Waals surface area contributed by atoms with Gasteiger partial charge in [-0.15, -0.1) is 0 Å². The van der Waals surface area contributed by atoms with Crippen LogP contribution in [-0.4, -0.2) is 61.8 Å². The molecule has 0 atom stereocenters. The molecule has 0 N–H and O–H groups in total. The molecule has 4 nitrogen and oxygen atoms in total. The summed E-state index contributed by atoms with van der Waals surface area (Å²) in [6.07, 6.45) is 25.1. The van der Waals surface area contributed by atoms with E-state index in [1.54, 1.807) is 21.3 Å². The summed E-state index contributed by atoms with van der Waals surface area (Å²) in [5, 5.41) is 0. The molecule has 5 heteroatoms. The smallest absolute Gasteiger partial charge is 0.377 e. The highest BCUT2D eigenvalue weighted by atomic mass is 28.4. The highest BCUT2D eigenvalue weighted by molar-refractivity contribution is 6.60. The summed E-state index contributed by atoms with van der Waals surface area (Å²) in [4.78, 5) is 0. The van der Waals surface area contributed by atoms with Gasteiger partial charge in [0.05, 0.1) is 27.2 Å². The standard InChI is InChI=1S/C26H56NO3Si/c1-7-8-9-10-11-12-13-14-15-16-17-18-19-20-21-22-24-27(2,3)25-23-26-31(28-4,29-5)30-6/h14-15H,7-13,16-26H2,1-6H3/q+1/b15-14-. The molecule has 0 aliphatic carbocycles. The Kier molecular flexibility index (Phi) is 20.3. The van der Waals surface area contributed by atoms with Gasteiger partial charge >= 0.3 is 8.80 Å². The lowest BCUT2D eigenvalue weighted by Gasteiger charge is -2.31. The van der Waals surface area contributed by atoms with Crippen molar-refractivity contribution in [3.8, 4) is 0 Å².